The molecule has 0 bridgehead atoms. The van der Waals surface area contributed by atoms with E-state index in [9.17, 15) is 42.7 Å². The second-order valence-corrected chi connectivity index (χ2v) is 40.4. The highest BCUT2D eigenvalue weighted by Gasteiger charge is 2.23. The summed E-state index contributed by atoms with van der Waals surface area (Å²) in [4.78, 5) is 109. The molecular weight excluding hydrogens is 1930 g/mol. The molecule has 1 atom stereocenters. The number of ether oxygens (including phenoxy) is 1. The molecule has 2 fully saturated rings. The van der Waals surface area contributed by atoms with E-state index in [1.54, 1.807) is 84.3 Å². The maximum atomic E-state index is 13.0. The van der Waals surface area contributed by atoms with Gasteiger partial charge in [-0.2, -0.15) is 0 Å². The lowest BCUT2D eigenvalue weighted by atomic mass is 10.1. The fourth-order valence-corrected chi connectivity index (χ4v) is 18.4. The van der Waals surface area contributed by atoms with Gasteiger partial charge in [-0.1, -0.05) is 214 Å². The fraction of sp³-hybridized carbons (Fsp3) is 0.304. The van der Waals surface area contributed by atoms with Crippen LogP contribution < -0.4 is 47.3 Å². The number of carbonyl (C=O) groups excluding carboxylic acids is 8. The van der Waals surface area contributed by atoms with Gasteiger partial charge in [0.25, 0.3) is 0 Å². The minimum atomic E-state index is -0.242. The number of hydrogen-bond donors (Lipinski definition) is 8. The van der Waals surface area contributed by atoms with Crippen LogP contribution in [0.15, 0.2) is 383 Å². The van der Waals surface area contributed by atoms with Gasteiger partial charge in [0, 0.05) is 97.6 Å². The third kappa shape index (κ3) is 58.4. The zero-order valence-corrected chi connectivity index (χ0v) is 88.5. The molecular formula is C112H136FN11O10S8. The van der Waals surface area contributed by atoms with Crippen molar-refractivity contribution in [2.24, 2.45) is 0 Å². The number of benzene rings is 11. The number of carbonyl (C=O) groups is 8. The Kier molecular flexibility index (Phi) is 62.0. The number of halogens is 1. The van der Waals surface area contributed by atoms with Crippen LogP contribution >= 0.6 is 94.1 Å². The quantitative estimate of drug-likeness (QED) is 0.0165. The minimum Gasteiger partial charge on any atom is -0.497 e. The lowest BCUT2D eigenvalue weighted by Gasteiger charge is -2.17. The molecule has 21 nitrogen and oxygen atoms in total. The zero-order valence-electron chi connectivity index (χ0n) is 81.9. The maximum absolute atomic E-state index is 13.0. The van der Waals surface area contributed by atoms with Gasteiger partial charge in [0.05, 0.1) is 72.0 Å². The Morgan fingerprint density at radius 1 is 0.380 bits per heavy atom. The first-order valence-corrected chi connectivity index (χ1v) is 55.3. The SMILES string of the molecule is CC(NC(=O)CSc1ccccc1)c1ccccc1.CCN(CC)CCNC(=O)CSc1ccccc1.CN(C)CCNC(=O)CSc1ccccc1.COc1ccc(CNC(=O)CSc2ccccc2)cc1.O=C(CSc1ccccc1)NC1CC1.O=C(CSc1ccccc1)NCCN1CCCC1.O=C(CSc1ccccc1)NCCc1cccc(F)c1.O=C(CSc1ccccc1)NCc1ccco1. The summed E-state index contributed by atoms with van der Waals surface area (Å²) in [5, 5.41) is 23.3. The van der Waals surface area contributed by atoms with Gasteiger partial charge in [-0.05, 0) is 229 Å². The van der Waals surface area contributed by atoms with Gasteiger partial charge in [0.2, 0.25) is 47.3 Å². The second kappa shape index (κ2) is 74.7. The van der Waals surface area contributed by atoms with E-state index in [1.165, 1.54) is 73.3 Å². The largest absolute Gasteiger partial charge is 0.497 e. The molecule has 11 aromatic carbocycles. The first-order valence-electron chi connectivity index (χ1n) is 47.4. The topological polar surface area (TPSA) is 265 Å². The Balaban J connectivity index is 0.000000221. The Bertz CT molecular complexity index is 5320. The van der Waals surface area contributed by atoms with Gasteiger partial charge in [0.15, 0.2) is 0 Å². The van der Waals surface area contributed by atoms with Gasteiger partial charge < -0.3 is 66.4 Å². The zero-order chi connectivity index (χ0) is 101. The number of rotatable bonds is 46. The summed E-state index contributed by atoms with van der Waals surface area (Å²) < 4.78 is 23.2. The van der Waals surface area contributed by atoms with Crippen LogP contribution in [0.4, 0.5) is 4.39 Å². The molecule has 142 heavy (non-hydrogen) atoms. The summed E-state index contributed by atoms with van der Waals surface area (Å²) in [7, 11) is 5.62. The van der Waals surface area contributed by atoms with Crippen LogP contribution in [-0.4, -0.2) is 207 Å². The van der Waals surface area contributed by atoms with Crippen molar-refractivity contribution < 1.29 is 51.9 Å². The van der Waals surface area contributed by atoms with Crippen LogP contribution in [-0.2, 0) is 57.9 Å². The smallest absolute Gasteiger partial charge is 0.230 e. The van der Waals surface area contributed by atoms with Crippen LogP contribution in [0.2, 0.25) is 0 Å². The fourth-order valence-electron chi connectivity index (χ4n) is 12.5. The van der Waals surface area contributed by atoms with E-state index in [1.807, 2.05) is 335 Å². The number of hydrogen-bond acceptors (Lipinski definition) is 21. The third-order valence-electron chi connectivity index (χ3n) is 20.3. The number of thioether (sulfide) groups is 8. The third-order valence-corrected chi connectivity index (χ3v) is 28.4. The number of amides is 8. The Labute approximate surface area is 873 Å². The minimum absolute atomic E-state index is 0.00439. The van der Waals surface area contributed by atoms with Crippen LogP contribution in [0.5, 0.6) is 5.75 Å². The van der Waals surface area contributed by atoms with Gasteiger partial charge in [-0.15, -0.1) is 94.1 Å². The molecule has 2 aliphatic rings. The summed E-state index contributed by atoms with van der Waals surface area (Å²) >= 11 is 12.4. The molecule has 8 amide bonds. The normalized spacial score (nSPS) is 11.7. The molecule has 1 saturated heterocycles. The predicted octanol–water partition coefficient (Wildman–Crippen LogP) is 20.5. The monoisotopic (exact) mass is 2070 g/mol. The van der Waals surface area contributed by atoms with Gasteiger partial charge in [-0.3, -0.25) is 38.4 Å². The van der Waals surface area contributed by atoms with Crippen molar-refractivity contribution in [3.8, 4) is 5.75 Å². The number of likely N-dealkylation sites (tertiary alicyclic amines) is 1. The molecule has 2 heterocycles. The maximum Gasteiger partial charge on any atom is 0.230 e. The van der Waals surface area contributed by atoms with Gasteiger partial charge >= 0.3 is 0 Å². The Morgan fingerprint density at radius 3 is 1.08 bits per heavy atom. The molecule has 14 rings (SSSR count). The van der Waals surface area contributed by atoms with E-state index >= 15 is 0 Å². The molecule has 1 saturated carbocycles. The van der Waals surface area contributed by atoms with E-state index in [-0.39, 0.29) is 59.1 Å². The van der Waals surface area contributed by atoms with Crippen LogP contribution in [0.1, 0.15) is 74.9 Å². The van der Waals surface area contributed by atoms with E-state index in [2.05, 4.69) is 66.2 Å². The molecule has 1 unspecified atom stereocenters. The van der Waals surface area contributed by atoms with Crippen molar-refractivity contribution in [2.45, 2.75) is 117 Å². The molecule has 754 valence electrons. The van der Waals surface area contributed by atoms with Crippen molar-refractivity contribution in [1.29, 1.82) is 0 Å². The molecule has 0 radical (unpaired) electrons. The highest BCUT2D eigenvalue weighted by molar-refractivity contribution is 8.01. The van der Waals surface area contributed by atoms with E-state index in [0.29, 0.717) is 84.7 Å². The second-order valence-electron chi connectivity index (χ2n) is 32.0. The van der Waals surface area contributed by atoms with Crippen molar-refractivity contribution in [1.82, 2.24) is 57.2 Å². The van der Waals surface area contributed by atoms with E-state index in [4.69, 9.17) is 9.15 Å². The van der Waals surface area contributed by atoms with Crippen molar-refractivity contribution in [3.05, 3.63) is 368 Å². The molecule has 12 aromatic rings. The Morgan fingerprint density at radius 2 is 0.725 bits per heavy atom. The van der Waals surface area contributed by atoms with E-state index in [0.717, 1.165) is 126 Å². The van der Waals surface area contributed by atoms with Crippen LogP contribution in [0.3, 0.4) is 0 Å². The molecule has 8 N–H and O–H groups in total. The molecule has 1 aromatic heterocycles. The summed E-state index contributed by atoms with van der Waals surface area (Å²) in [5.74, 6) is 5.63. The van der Waals surface area contributed by atoms with Crippen LogP contribution in [0.25, 0.3) is 0 Å². The number of furan rings is 1. The lowest BCUT2D eigenvalue weighted by molar-refractivity contribution is -0.120. The summed E-state index contributed by atoms with van der Waals surface area (Å²) in [6, 6.07) is 108. The van der Waals surface area contributed by atoms with Crippen molar-refractivity contribution >= 4 is 141 Å². The molecule has 0 spiro atoms. The van der Waals surface area contributed by atoms with E-state index < -0.39 is 0 Å². The summed E-state index contributed by atoms with van der Waals surface area (Å²) in [6.07, 6.45) is 7.15. The van der Waals surface area contributed by atoms with Gasteiger partial charge in [0.1, 0.15) is 17.3 Å². The summed E-state index contributed by atoms with van der Waals surface area (Å²) in [5.41, 5.74) is 3.07. The van der Waals surface area contributed by atoms with Crippen molar-refractivity contribution in [2.75, 3.05) is 139 Å². The highest BCUT2D eigenvalue weighted by Crippen LogP contribution is 2.25. The number of likely N-dealkylation sites (N-methyl/N-ethyl adjacent to an activating group) is 2. The number of methoxy groups -OCH3 is 1. The molecule has 1 aliphatic carbocycles. The number of nitrogens with one attached hydrogen (secondary N) is 8. The first-order chi connectivity index (χ1) is 69.2. The molecule has 1 aliphatic heterocycles. The Hall–Kier alpha value is -11.1. The lowest BCUT2D eigenvalue weighted by Crippen LogP contribution is -2.35. The highest BCUT2D eigenvalue weighted by atomic mass is 32.2. The molecule has 30 heteroatoms. The number of nitrogens with zero attached hydrogens (tertiary/aromatic N) is 3. The standard InChI is InChI=1S/C16H16FNOS.C16H17NO2S.C16H17NOS.C14H20N2OS.C14H22N2OS.C13H13NO2S.C12H18N2OS.C11H13NOS/c17-14-6-4-5-13(11-14)9-10-18-16(19)12-20-15-7-2-1-3-8-15;1-19-14-9-7-13(8-10-14)11-17-16(18)12-20-15-5-3-2-4-6-15;1-13(14-8-4-2-5-9-14)17-16(18)12-19-15-10-6-3-7-11-15;17-14(12-18-13-6-2-1-3-7-13)15-8-11-16-9-4-5-10-16;1-3-16(4-2)11-10-15-14(17)12-18-13-8-6-5-7-9-13;15-13(14-9-11-5-4-8-16-11)10-17-12-6-2-1-3-7-12;1-14(2)9-8-13-12(15)10-16-11-6-4-3-5-7-11;13-11(12-9-6-7-9)8-14-10-4-2-1-3-5-10/h1-8,11H,9-10,12H2,(H,18,19);2-10H,11-12H2,1H3,(H,17,18);2-11,13H,12H2,1H3,(H,17,18);1-3,6-7H,4-5,8-12H2,(H,15,17);5-9H,3-4,10-12H2,1-2H3,(H,15,17);1-8H,9-10H2,(H,14,15);3-7H,8-10H2,1-2H3,(H,13,15);1-5,9H,6-8H2,(H,12,13). The predicted molar refractivity (Wildman–Crippen MR) is 591 cm³/mol. The van der Waals surface area contributed by atoms with Gasteiger partial charge in [-0.25, -0.2) is 4.39 Å². The van der Waals surface area contributed by atoms with Crippen LogP contribution in [0, 0.1) is 5.82 Å². The first kappa shape index (κ1) is 118. The van der Waals surface area contributed by atoms with Crippen molar-refractivity contribution in [3.63, 3.8) is 0 Å². The average Bonchev–Trinajstić information content (AvgIpc) is 1.63. The summed E-state index contributed by atoms with van der Waals surface area (Å²) in [6.45, 7) is 17.2. The average molecular weight is 2070 g/mol.